The zero-order chi connectivity index (χ0) is 18.6. The highest BCUT2D eigenvalue weighted by molar-refractivity contribution is 4.94. The van der Waals surface area contributed by atoms with Crippen LogP contribution in [0, 0.1) is 47.3 Å². The molecule has 0 heteroatoms. The van der Waals surface area contributed by atoms with Crippen LogP contribution in [0.4, 0.5) is 0 Å². The molecule has 0 amide bonds. The molecule has 2 rings (SSSR count). The fraction of sp³-hybridized carbons (Fsp3) is 0.920. The third-order valence-corrected chi connectivity index (χ3v) is 8.01. The summed E-state index contributed by atoms with van der Waals surface area (Å²) in [6, 6.07) is 0. The predicted octanol–water partition coefficient (Wildman–Crippen LogP) is 8.13. The molecule has 0 saturated heterocycles. The minimum absolute atomic E-state index is 0.842. The van der Waals surface area contributed by atoms with E-state index in [2.05, 4.69) is 48.1 Å². The minimum atomic E-state index is 0.842. The van der Waals surface area contributed by atoms with Gasteiger partial charge < -0.3 is 0 Å². The van der Waals surface area contributed by atoms with Crippen LogP contribution in [0.5, 0.6) is 0 Å². The van der Waals surface area contributed by atoms with Gasteiger partial charge in [-0.15, -0.1) is 6.58 Å². The first-order chi connectivity index (χ1) is 11.8. The lowest BCUT2D eigenvalue weighted by Crippen LogP contribution is -2.33. The highest BCUT2D eigenvalue weighted by Crippen LogP contribution is 2.48. The van der Waals surface area contributed by atoms with Crippen molar-refractivity contribution in [2.24, 2.45) is 47.3 Å². The van der Waals surface area contributed by atoms with Gasteiger partial charge in [-0.3, -0.25) is 0 Å². The van der Waals surface area contributed by atoms with Crippen LogP contribution in [-0.4, -0.2) is 0 Å². The van der Waals surface area contributed by atoms with E-state index in [0.717, 1.165) is 47.3 Å². The van der Waals surface area contributed by atoms with E-state index in [9.17, 15) is 0 Å². The average Bonchev–Trinajstić information content (AvgIpc) is 2.70. The van der Waals surface area contributed by atoms with Crippen LogP contribution < -0.4 is 0 Å². The second-order valence-corrected chi connectivity index (χ2v) is 10.6. The van der Waals surface area contributed by atoms with Crippen molar-refractivity contribution in [2.45, 2.75) is 99.3 Å². The van der Waals surface area contributed by atoms with E-state index in [1.54, 1.807) is 0 Å². The topological polar surface area (TPSA) is 0 Å². The molecule has 0 heterocycles. The molecule has 146 valence electrons. The van der Waals surface area contributed by atoms with E-state index in [4.69, 9.17) is 0 Å². The summed E-state index contributed by atoms with van der Waals surface area (Å²) in [5.74, 6) is 7.47. The van der Waals surface area contributed by atoms with Crippen molar-refractivity contribution >= 4 is 0 Å². The molecule has 2 aliphatic rings. The molecule has 0 N–H and O–H groups in total. The van der Waals surface area contributed by atoms with E-state index in [0.29, 0.717) is 0 Å². The van der Waals surface area contributed by atoms with Gasteiger partial charge in [0.15, 0.2) is 0 Å². The maximum absolute atomic E-state index is 4.21. The smallest absolute Gasteiger partial charge is 0.0297 e. The lowest BCUT2D eigenvalue weighted by molar-refractivity contribution is 0.0752. The van der Waals surface area contributed by atoms with Crippen LogP contribution in [0.3, 0.4) is 0 Å². The quantitative estimate of drug-likeness (QED) is 0.336. The number of hydrogen-bond donors (Lipinski definition) is 0. The van der Waals surface area contributed by atoms with E-state index >= 15 is 0 Å². The molecular formula is C25H46. The Labute approximate surface area is 159 Å². The Morgan fingerprint density at radius 2 is 1.48 bits per heavy atom. The van der Waals surface area contributed by atoms with Crippen molar-refractivity contribution in [3.8, 4) is 0 Å². The molecule has 2 aliphatic carbocycles. The Balaban J connectivity index is 2.04. The first-order valence-corrected chi connectivity index (χ1v) is 11.4. The minimum Gasteiger partial charge on any atom is -0.100 e. The highest BCUT2D eigenvalue weighted by Gasteiger charge is 2.38. The Morgan fingerprint density at radius 1 is 0.880 bits per heavy atom. The van der Waals surface area contributed by atoms with Gasteiger partial charge in [0.05, 0.1) is 0 Å². The number of allylic oxidation sites excluding steroid dienone is 1. The van der Waals surface area contributed by atoms with Crippen molar-refractivity contribution in [3.05, 3.63) is 12.2 Å². The van der Waals surface area contributed by atoms with Gasteiger partial charge in [-0.1, -0.05) is 72.3 Å². The Kier molecular flexibility index (Phi) is 8.09. The Morgan fingerprint density at radius 3 is 2.08 bits per heavy atom. The summed E-state index contributed by atoms with van der Waals surface area (Å²) in [4.78, 5) is 0. The summed E-state index contributed by atoms with van der Waals surface area (Å²) < 4.78 is 0. The van der Waals surface area contributed by atoms with Gasteiger partial charge in [-0.2, -0.15) is 0 Å². The van der Waals surface area contributed by atoms with Crippen LogP contribution >= 0.6 is 0 Å². The maximum atomic E-state index is 4.21. The molecule has 0 spiro atoms. The van der Waals surface area contributed by atoms with E-state index in [-0.39, 0.29) is 0 Å². The summed E-state index contributed by atoms with van der Waals surface area (Å²) in [5.41, 5.74) is 1.40. The Hall–Kier alpha value is -0.260. The molecule has 7 atom stereocenters. The normalized spacial score (nSPS) is 38.4. The largest absolute Gasteiger partial charge is 0.100 e. The molecule has 0 nitrogen and oxygen atoms in total. The molecule has 2 saturated carbocycles. The van der Waals surface area contributed by atoms with Crippen molar-refractivity contribution in [1.29, 1.82) is 0 Å². The third-order valence-electron chi connectivity index (χ3n) is 8.01. The Bertz CT molecular complexity index is 406. The molecule has 0 radical (unpaired) electrons. The predicted molar refractivity (Wildman–Crippen MR) is 113 cm³/mol. The summed E-state index contributed by atoms with van der Waals surface area (Å²) in [7, 11) is 0. The van der Waals surface area contributed by atoms with E-state index < -0.39 is 0 Å². The molecule has 0 aromatic rings. The van der Waals surface area contributed by atoms with Gasteiger partial charge in [0.2, 0.25) is 0 Å². The molecule has 0 bridgehead atoms. The second kappa shape index (κ2) is 9.61. The first-order valence-electron chi connectivity index (χ1n) is 11.4. The summed E-state index contributed by atoms with van der Waals surface area (Å²) in [5, 5.41) is 0. The van der Waals surface area contributed by atoms with Gasteiger partial charge >= 0.3 is 0 Å². The monoisotopic (exact) mass is 346 g/mol. The zero-order valence-electron chi connectivity index (χ0n) is 18.2. The molecule has 25 heavy (non-hydrogen) atoms. The summed E-state index contributed by atoms with van der Waals surface area (Å²) >= 11 is 0. The molecule has 0 aromatic heterocycles. The molecular weight excluding hydrogens is 300 g/mol. The highest BCUT2D eigenvalue weighted by atomic mass is 14.4. The van der Waals surface area contributed by atoms with Crippen molar-refractivity contribution in [3.63, 3.8) is 0 Å². The molecule has 2 fully saturated rings. The van der Waals surface area contributed by atoms with Gasteiger partial charge in [-0.05, 0) is 80.0 Å². The van der Waals surface area contributed by atoms with E-state index in [1.807, 2.05) is 0 Å². The van der Waals surface area contributed by atoms with Crippen LogP contribution in [-0.2, 0) is 0 Å². The van der Waals surface area contributed by atoms with Gasteiger partial charge in [0.25, 0.3) is 0 Å². The molecule has 7 unspecified atom stereocenters. The van der Waals surface area contributed by atoms with Gasteiger partial charge in [-0.25, -0.2) is 0 Å². The fourth-order valence-corrected chi connectivity index (χ4v) is 6.01. The maximum Gasteiger partial charge on any atom is -0.0297 e. The average molecular weight is 347 g/mol. The fourth-order valence-electron chi connectivity index (χ4n) is 6.01. The van der Waals surface area contributed by atoms with Crippen LogP contribution in [0.1, 0.15) is 99.3 Å². The zero-order valence-corrected chi connectivity index (χ0v) is 18.2. The third kappa shape index (κ3) is 6.14. The summed E-state index contributed by atoms with van der Waals surface area (Å²) in [6.07, 6.45) is 13.1. The number of rotatable bonds is 6. The van der Waals surface area contributed by atoms with Crippen molar-refractivity contribution < 1.29 is 0 Å². The van der Waals surface area contributed by atoms with E-state index in [1.165, 1.54) is 63.4 Å². The van der Waals surface area contributed by atoms with Gasteiger partial charge in [0.1, 0.15) is 0 Å². The lowest BCUT2D eigenvalue weighted by Gasteiger charge is -2.43. The number of hydrogen-bond acceptors (Lipinski definition) is 0. The van der Waals surface area contributed by atoms with Crippen molar-refractivity contribution in [1.82, 2.24) is 0 Å². The lowest BCUT2D eigenvalue weighted by atomic mass is 9.63. The van der Waals surface area contributed by atoms with Crippen LogP contribution in [0.2, 0.25) is 0 Å². The molecule has 0 aromatic carbocycles. The molecule has 0 aliphatic heterocycles. The van der Waals surface area contributed by atoms with Crippen molar-refractivity contribution in [2.75, 3.05) is 0 Å². The van der Waals surface area contributed by atoms with Crippen LogP contribution in [0.15, 0.2) is 12.2 Å². The van der Waals surface area contributed by atoms with Gasteiger partial charge in [0, 0.05) is 0 Å². The standard InChI is InChI=1S/C25H46/c1-17(2)13-22-10-8-9-19(5)24(15-22)25-16-23(12-11-20(25)6)14-21(7)18(3)4/h18-25H,1,8-16H2,2-7H3. The first kappa shape index (κ1) is 21.0. The second-order valence-electron chi connectivity index (χ2n) is 10.6. The summed E-state index contributed by atoms with van der Waals surface area (Å²) in [6.45, 7) is 18.9. The van der Waals surface area contributed by atoms with Crippen LogP contribution in [0.25, 0.3) is 0 Å². The SMILES string of the molecule is C=C(C)CC1CCCC(C)C(C2CC(CC(C)C(C)C)CCC2C)C1.